The van der Waals surface area contributed by atoms with Gasteiger partial charge >= 0.3 is 0 Å². The molecule has 0 radical (unpaired) electrons. The van der Waals surface area contributed by atoms with Crippen LogP contribution < -0.4 is 10.9 Å². The number of nitrogens with zero attached hydrogens (tertiary/aromatic N) is 2. The largest absolute Gasteiger partial charge is 0.352 e. The summed E-state index contributed by atoms with van der Waals surface area (Å²) in [6, 6.07) is 14.5. The Kier molecular flexibility index (Phi) is 6.54. The number of para-hydroxylation sites is 1. The fourth-order valence-electron chi connectivity index (χ4n) is 2.68. The molecule has 7 heteroatoms. The van der Waals surface area contributed by atoms with E-state index in [1.165, 1.54) is 11.8 Å². The number of carbonyl (C=O) groups is 1. The number of rotatable bonds is 7. The third kappa shape index (κ3) is 4.64. The summed E-state index contributed by atoms with van der Waals surface area (Å²) < 4.78 is 1.60. The van der Waals surface area contributed by atoms with Gasteiger partial charge in [0.1, 0.15) is 0 Å². The number of hydrogen-bond donors (Lipinski definition) is 1. The van der Waals surface area contributed by atoms with Crippen LogP contribution in [0.3, 0.4) is 0 Å². The molecule has 0 aliphatic heterocycles. The molecule has 1 atom stereocenters. The van der Waals surface area contributed by atoms with Crippen LogP contribution in [0, 0.1) is 0 Å². The SMILES string of the molecule is C=CCNC(=O)[C@@H](C)Sc1nc2ccccc2c(=O)n1Cc1ccc(Cl)cc1. The zero-order valence-electron chi connectivity index (χ0n) is 15.4. The van der Waals surface area contributed by atoms with Crippen LogP contribution in [-0.2, 0) is 11.3 Å². The second-order valence-electron chi connectivity index (χ2n) is 6.22. The van der Waals surface area contributed by atoms with E-state index in [2.05, 4.69) is 16.9 Å². The van der Waals surface area contributed by atoms with Crippen molar-refractivity contribution in [2.24, 2.45) is 0 Å². The van der Waals surface area contributed by atoms with Gasteiger partial charge in [0.2, 0.25) is 5.91 Å². The van der Waals surface area contributed by atoms with Gasteiger partial charge in [0.05, 0.1) is 22.7 Å². The lowest BCUT2D eigenvalue weighted by Gasteiger charge is -2.16. The standard InChI is InChI=1S/C21H20ClN3O2S/c1-3-12-23-19(26)14(2)28-21-24-18-7-5-4-6-17(18)20(27)25(21)13-15-8-10-16(22)11-9-15/h3-11,14H,1,12-13H2,2H3,(H,23,26)/t14-/m1/s1. The van der Waals surface area contributed by atoms with Gasteiger partial charge in [0.25, 0.3) is 5.56 Å². The first-order valence-corrected chi connectivity index (χ1v) is 10.0. The second-order valence-corrected chi connectivity index (χ2v) is 7.97. The molecule has 144 valence electrons. The molecule has 1 heterocycles. The van der Waals surface area contributed by atoms with Crippen LogP contribution in [0.1, 0.15) is 12.5 Å². The first-order valence-electron chi connectivity index (χ1n) is 8.79. The lowest BCUT2D eigenvalue weighted by atomic mass is 10.2. The van der Waals surface area contributed by atoms with Crippen LogP contribution >= 0.6 is 23.4 Å². The van der Waals surface area contributed by atoms with Crippen LogP contribution in [0.5, 0.6) is 0 Å². The van der Waals surface area contributed by atoms with Crippen LogP contribution in [0.15, 0.2) is 71.1 Å². The van der Waals surface area contributed by atoms with Gasteiger partial charge < -0.3 is 5.32 Å². The Morgan fingerprint density at radius 3 is 2.71 bits per heavy atom. The van der Waals surface area contributed by atoms with Crippen molar-refractivity contribution >= 4 is 40.2 Å². The second kappa shape index (κ2) is 9.08. The van der Waals surface area contributed by atoms with E-state index in [4.69, 9.17) is 11.6 Å². The van der Waals surface area contributed by atoms with Crippen molar-refractivity contribution in [2.45, 2.75) is 23.9 Å². The van der Waals surface area contributed by atoms with Crippen LogP contribution in [0.2, 0.25) is 5.02 Å². The highest BCUT2D eigenvalue weighted by Crippen LogP contribution is 2.23. The summed E-state index contributed by atoms with van der Waals surface area (Å²) >= 11 is 7.22. The monoisotopic (exact) mass is 413 g/mol. The summed E-state index contributed by atoms with van der Waals surface area (Å²) in [5.41, 5.74) is 1.40. The van der Waals surface area contributed by atoms with Gasteiger partial charge in [-0.25, -0.2) is 4.98 Å². The van der Waals surface area contributed by atoms with Gasteiger partial charge in [-0.05, 0) is 36.8 Å². The molecule has 0 unspecified atom stereocenters. The van der Waals surface area contributed by atoms with Crippen molar-refractivity contribution in [2.75, 3.05) is 6.54 Å². The van der Waals surface area contributed by atoms with Gasteiger partial charge in [-0.15, -0.1) is 6.58 Å². The van der Waals surface area contributed by atoms with Crippen LogP contribution in [0.25, 0.3) is 10.9 Å². The molecule has 5 nitrogen and oxygen atoms in total. The minimum absolute atomic E-state index is 0.134. The van der Waals surface area contributed by atoms with E-state index in [1.54, 1.807) is 41.8 Å². The van der Waals surface area contributed by atoms with Crippen molar-refractivity contribution < 1.29 is 4.79 Å². The minimum atomic E-state index is -0.413. The maximum atomic E-state index is 13.1. The predicted molar refractivity (Wildman–Crippen MR) is 115 cm³/mol. The van der Waals surface area contributed by atoms with Gasteiger partial charge in [-0.2, -0.15) is 0 Å². The molecule has 0 aliphatic rings. The Morgan fingerprint density at radius 2 is 2.00 bits per heavy atom. The number of benzene rings is 2. The summed E-state index contributed by atoms with van der Waals surface area (Å²) in [7, 11) is 0. The fourth-order valence-corrected chi connectivity index (χ4v) is 3.74. The topological polar surface area (TPSA) is 64.0 Å². The Bertz CT molecular complexity index is 1060. The highest BCUT2D eigenvalue weighted by Gasteiger charge is 2.19. The number of fused-ring (bicyclic) bond motifs is 1. The highest BCUT2D eigenvalue weighted by atomic mass is 35.5. The molecule has 0 bridgehead atoms. The summed E-state index contributed by atoms with van der Waals surface area (Å²) in [6.45, 7) is 6.13. The molecular formula is C21H20ClN3O2S. The van der Waals surface area contributed by atoms with Crippen molar-refractivity contribution in [1.82, 2.24) is 14.9 Å². The van der Waals surface area contributed by atoms with E-state index < -0.39 is 5.25 Å². The smallest absolute Gasteiger partial charge is 0.262 e. The van der Waals surface area contributed by atoms with E-state index >= 15 is 0 Å². The van der Waals surface area contributed by atoms with E-state index in [1.807, 2.05) is 24.3 Å². The van der Waals surface area contributed by atoms with Gasteiger partial charge in [-0.1, -0.05) is 53.7 Å². The lowest BCUT2D eigenvalue weighted by Crippen LogP contribution is -2.32. The molecule has 1 aromatic heterocycles. The average molecular weight is 414 g/mol. The van der Waals surface area contributed by atoms with Crippen LogP contribution in [0.4, 0.5) is 0 Å². The molecule has 1 N–H and O–H groups in total. The number of hydrogen-bond acceptors (Lipinski definition) is 4. The van der Waals surface area contributed by atoms with Crippen molar-refractivity contribution in [1.29, 1.82) is 0 Å². The minimum Gasteiger partial charge on any atom is -0.352 e. The third-order valence-corrected chi connectivity index (χ3v) is 5.49. The van der Waals surface area contributed by atoms with E-state index in [0.29, 0.717) is 34.2 Å². The molecule has 0 saturated heterocycles. The Labute approximate surface area is 172 Å². The first-order chi connectivity index (χ1) is 13.5. The third-order valence-electron chi connectivity index (χ3n) is 4.15. The van der Waals surface area contributed by atoms with Crippen molar-refractivity contribution in [3.05, 3.63) is 82.1 Å². The average Bonchev–Trinajstić information content (AvgIpc) is 2.70. The number of thioether (sulfide) groups is 1. The first kappa shape index (κ1) is 20.2. The Morgan fingerprint density at radius 1 is 1.29 bits per heavy atom. The molecule has 0 aliphatic carbocycles. The van der Waals surface area contributed by atoms with E-state index in [0.717, 1.165) is 5.56 Å². The van der Waals surface area contributed by atoms with Crippen molar-refractivity contribution in [3.63, 3.8) is 0 Å². The van der Waals surface area contributed by atoms with Gasteiger partial charge in [0, 0.05) is 11.6 Å². The predicted octanol–water partition coefficient (Wildman–Crippen LogP) is 3.88. The fraction of sp³-hybridized carbons (Fsp3) is 0.190. The summed E-state index contributed by atoms with van der Waals surface area (Å²) in [5, 5.41) is 4.04. The summed E-state index contributed by atoms with van der Waals surface area (Å²) in [5.74, 6) is -0.134. The highest BCUT2D eigenvalue weighted by molar-refractivity contribution is 8.00. The molecule has 2 aromatic carbocycles. The number of halogens is 1. The molecule has 3 aromatic rings. The van der Waals surface area contributed by atoms with Gasteiger partial charge in [0.15, 0.2) is 5.16 Å². The molecule has 0 saturated carbocycles. The molecule has 3 rings (SSSR count). The quantitative estimate of drug-likeness (QED) is 0.362. The summed E-state index contributed by atoms with van der Waals surface area (Å²) in [4.78, 5) is 30.0. The number of aromatic nitrogens is 2. The molecular weight excluding hydrogens is 394 g/mol. The number of nitrogens with one attached hydrogen (secondary N) is 1. The number of carbonyl (C=O) groups excluding carboxylic acids is 1. The van der Waals surface area contributed by atoms with Gasteiger partial charge in [-0.3, -0.25) is 14.2 Å². The summed E-state index contributed by atoms with van der Waals surface area (Å²) in [6.07, 6.45) is 1.63. The Hall–Kier alpha value is -2.57. The lowest BCUT2D eigenvalue weighted by molar-refractivity contribution is -0.120. The maximum absolute atomic E-state index is 13.1. The Balaban J connectivity index is 2.01. The molecule has 0 spiro atoms. The normalized spacial score (nSPS) is 11.9. The molecule has 1 amide bonds. The van der Waals surface area contributed by atoms with Crippen molar-refractivity contribution in [3.8, 4) is 0 Å². The van der Waals surface area contributed by atoms with E-state index in [-0.39, 0.29) is 11.5 Å². The van der Waals surface area contributed by atoms with E-state index in [9.17, 15) is 9.59 Å². The maximum Gasteiger partial charge on any atom is 0.262 e. The molecule has 0 fully saturated rings. The zero-order chi connectivity index (χ0) is 20.1. The molecule has 28 heavy (non-hydrogen) atoms. The van der Waals surface area contributed by atoms with Crippen LogP contribution in [-0.4, -0.2) is 27.3 Å². The number of amides is 1. The zero-order valence-corrected chi connectivity index (χ0v) is 17.0.